The third-order valence-corrected chi connectivity index (χ3v) is 2.77. The Bertz CT molecular complexity index is 327. The van der Waals surface area contributed by atoms with Gasteiger partial charge in [0, 0.05) is 6.42 Å². The number of carbonyl (C=O) groups excluding carboxylic acids is 1. The van der Waals surface area contributed by atoms with E-state index < -0.39 is 0 Å². The van der Waals surface area contributed by atoms with Gasteiger partial charge in [0.1, 0.15) is 11.5 Å². The van der Waals surface area contributed by atoms with Gasteiger partial charge in [-0.2, -0.15) is 0 Å². The van der Waals surface area contributed by atoms with Crippen LogP contribution in [0.5, 0.6) is 5.75 Å². The maximum Gasteiger partial charge on any atom is 0.129 e. The Morgan fingerprint density at radius 1 is 1.12 bits per heavy atom. The van der Waals surface area contributed by atoms with E-state index >= 15 is 0 Å². The van der Waals surface area contributed by atoms with E-state index in [1.165, 1.54) is 5.56 Å². The van der Waals surface area contributed by atoms with Crippen LogP contribution in [0.3, 0.4) is 0 Å². The zero-order valence-corrected chi connectivity index (χ0v) is 10.9. The Balaban J connectivity index is 2.11. The molecule has 0 spiro atoms. The smallest absolute Gasteiger partial charge is 0.129 e. The summed E-state index contributed by atoms with van der Waals surface area (Å²) in [5.74, 6) is 1.22. The van der Waals surface area contributed by atoms with Crippen molar-refractivity contribution in [2.75, 3.05) is 6.61 Å². The third kappa shape index (κ3) is 6.10. The molecule has 1 rings (SSSR count). The minimum atomic E-state index is 0.279. The number of carbonyl (C=O) groups is 1. The second-order valence-electron chi connectivity index (χ2n) is 4.36. The van der Waals surface area contributed by atoms with Crippen molar-refractivity contribution in [1.82, 2.24) is 0 Å². The summed E-state index contributed by atoms with van der Waals surface area (Å²) >= 11 is 0. The topological polar surface area (TPSA) is 26.3 Å². The third-order valence-electron chi connectivity index (χ3n) is 2.77. The van der Waals surface area contributed by atoms with Crippen LogP contribution in [0.2, 0.25) is 0 Å². The van der Waals surface area contributed by atoms with E-state index in [1.54, 1.807) is 6.92 Å². The van der Waals surface area contributed by atoms with Crippen LogP contribution in [0.1, 0.15) is 45.1 Å². The van der Waals surface area contributed by atoms with Gasteiger partial charge in [0.25, 0.3) is 0 Å². The summed E-state index contributed by atoms with van der Waals surface area (Å²) in [6, 6.07) is 8.25. The first-order valence-corrected chi connectivity index (χ1v) is 6.43. The summed E-state index contributed by atoms with van der Waals surface area (Å²) < 4.78 is 5.63. The van der Waals surface area contributed by atoms with Crippen molar-refractivity contribution in [1.29, 1.82) is 0 Å². The zero-order chi connectivity index (χ0) is 12.5. The summed E-state index contributed by atoms with van der Waals surface area (Å²) in [6.45, 7) is 4.53. The predicted octanol–water partition coefficient (Wildman–Crippen LogP) is 3.78. The van der Waals surface area contributed by atoms with Crippen LogP contribution in [0.25, 0.3) is 0 Å². The van der Waals surface area contributed by atoms with E-state index in [0.29, 0.717) is 6.42 Å². The van der Waals surface area contributed by atoms with Crippen molar-refractivity contribution >= 4 is 5.78 Å². The number of Topliss-reactive ketones (excluding diaryl/α,β-unsaturated/α-hetero) is 1. The number of rotatable bonds is 8. The predicted molar refractivity (Wildman–Crippen MR) is 70.5 cm³/mol. The lowest BCUT2D eigenvalue weighted by Gasteiger charge is -2.06. The van der Waals surface area contributed by atoms with E-state index in [2.05, 4.69) is 19.1 Å². The quantitative estimate of drug-likeness (QED) is 0.640. The van der Waals surface area contributed by atoms with E-state index in [4.69, 9.17) is 4.74 Å². The minimum Gasteiger partial charge on any atom is -0.494 e. The first-order chi connectivity index (χ1) is 8.22. The maximum absolute atomic E-state index is 10.7. The van der Waals surface area contributed by atoms with E-state index in [-0.39, 0.29) is 5.78 Å². The molecule has 0 saturated heterocycles. The molecule has 0 amide bonds. The van der Waals surface area contributed by atoms with Gasteiger partial charge in [0.05, 0.1) is 6.61 Å². The number of hydrogen-bond acceptors (Lipinski definition) is 2. The lowest BCUT2D eigenvalue weighted by molar-refractivity contribution is -0.117. The normalized spacial score (nSPS) is 10.2. The van der Waals surface area contributed by atoms with Gasteiger partial charge >= 0.3 is 0 Å². The van der Waals surface area contributed by atoms with Crippen molar-refractivity contribution in [3.8, 4) is 5.75 Å². The molecule has 17 heavy (non-hydrogen) atoms. The summed E-state index contributed by atoms with van der Waals surface area (Å²) in [6.07, 6.45) is 4.82. The second kappa shape index (κ2) is 7.88. The van der Waals surface area contributed by atoms with Gasteiger partial charge in [-0.15, -0.1) is 0 Å². The van der Waals surface area contributed by atoms with Crippen molar-refractivity contribution < 1.29 is 9.53 Å². The number of benzene rings is 1. The highest BCUT2D eigenvalue weighted by molar-refractivity contribution is 5.75. The van der Waals surface area contributed by atoms with Crippen LogP contribution in [-0.4, -0.2) is 12.4 Å². The highest BCUT2D eigenvalue weighted by Gasteiger charge is 1.96. The van der Waals surface area contributed by atoms with Gasteiger partial charge in [0.15, 0.2) is 0 Å². The van der Waals surface area contributed by atoms with E-state index in [0.717, 1.165) is 38.0 Å². The molecule has 0 radical (unpaired) electrons. The van der Waals surface area contributed by atoms with Gasteiger partial charge in [-0.25, -0.2) is 0 Å². The fourth-order valence-electron chi connectivity index (χ4n) is 1.66. The molecule has 2 nitrogen and oxygen atoms in total. The Hall–Kier alpha value is -1.31. The van der Waals surface area contributed by atoms with Gasteiger partial charge in [-0.3, -0.25) is 0 Å². The standard InChI is InChI=1S/C15H22O2/c1-3-14-8-10-15(11-9-14)17-12-6-4-5-7-13(2)16/h8-11H,3-7,12H2,1-2H3. The highest BCUT2D eigenvalue weighted by Crippen LogP contribution is 2.13. The Kier molecular flexibility index (Phi) is 6.38. The van der Waals surface area contributed by atoms with Gasteiger partial charge < -0.3 is 9.53 Å². The van der Waals surface area contributed by atoms with Crippen LogP contribution >= 0.6 is 0 Å². The van der Waals surface area contributed by atoms with Crippen molar-refractivity contribution in [3.63, 3.8) is 0 Å². The molecule has 0 bridgehead atoms. The molecule has 0 heterocycles. The number of hydrogen-bond donors (Lipinski definition) is 0. The largest absolute Gasteiger partial charge is 0.494 e. The van der Waals surface area contributed by atoms with Crippen molar-refractivity contribution in [3.05, 3.63) is 29.8 Å². The summed E-state index contributed by atoms with van der Waals surface area (Å²) in [5.41, 5.74) is 1.33. The van der Waals surface area contributed by atoms with Gasteiger partial charge in [-0.05, 0) is 50.3 Å². The van der Waals surface area contributed by atoms with Crippen molar-refractivity contribution in [2.24, 2.45) is 0 Å². The molecular weight excluding hydrogens is 212 g/mol. The summed E-state index contributed by atoms with van der Waals surface area (Å²) in [7, 11) is 0. The van der Waals surface area contributed by atoms with E-state index in [1.807, 2.05) is 12.1 Å². The molecule has 94 valence electrons. The average Bonchev–Trinajstić information content (AvgIpc) is 2.34. The number of unbranched alkanes of at least 4 members (excludes halogenated alkanes) is 2. The molecule has 0 atom stereocenters. The monoisotopic (exact) mass is 234 g/mol. The fourth-order valence-corrected chi connectivity index (χ4v) is 1.66. The SMILES string of the molecule is CCc1ccc(OCCCCCC(C)=O)cc1. The lowest BCUT2D eigenvalue weighted by atomic mass is 10.1. The molecule has 2 heteroatoms. The van der Waals surface area contributed by atoms with Crippen LogP contribution < -0.4 is 4.74 Å². The summed E-state index contributed by atoms with van der Waals surface area (Å²) in [5, 5.41) is 0. The molecule has 0 aromatic heterocycles. The van der Waals surface area contributed by atoms with Crippen LogP contribution in [0.4, 0.5) is 0 Å². The Morgan fingerprint density at radius 2 is 1.82 bits per heavy atom. The zero-order valence-electron chi connectivity index (χ0n) is 10.9. The molecule has 0 saturated carbocycles. The molecule has 0 aliphatic rings. The molecule has 0 N–H and O–H groups in total. The fraction of sp³-hybridized carbons (Fsp3) is 0.533. The minimum absolute atomic E-state index is 0.279. The van der Waals surface area contributed by atoms with Gasteiger partial charge in [-0.1, -0.05) is 19.1 Å². The van der Waals surface area contributed by atoms with Crippen molar-refractivity contribution in [2.45, 2.75) is 46.0 Å². The molecule has 0 unspecified atom stereocenters. The number of aryl methyl sites for hydroxylation is 1. The first kappa shape index (κ1) is 13.8. The maximum atomic E-state index is 10.7. The van der Waals surface area contributed by atoms with Gasteiger partial charge in [0.2, 0.25) is 0 Å². The number of ether oxygens (including phenoxy) is 1. The van der Waals surface area contributed by atoms with Crippen LogP contribution in [0.15, 0.2) is 24.3 Å². The second-order valence-corrected chi connectivity index (χ2v) is 4.36. The molecule has 1 aromatic rings. The molecule has 1 aromatic carbocycles. The molecular formula is C15H22O2. The highest BCUT2D eigenvalue weighted by atomic mass is 16.5. The summed E-state index contributed by atoms with van der Waals surface area (Å²) in [4.78, 5) is 10.7. The Labute approximate surface area is 104 Å². The lowest BCUT2D eigenvalue weighted by Crippen LogP contribution is -1.98. The number of ketones is 1. The molecule has 0 fully saturated rings. The molecule has 0 aliphatic heterocycles. The molecule has 0 aliphatic carbocycles. The average molecular weight is 234 g/mol. The first-order valence-electron chi connectivity index (χ1n) is 6.43. The van der Waals surface area contributed by atoms with Crippen LogP contribution in [0, 0.1) is 0 Å². The van der Waals surface area contributed by atoms with Crippen LogP contribution in [-0.2, 0) is 11.2 Å². The Morgan fingerprint density at radius 3 is 2.41 bits per heavy atom. The van der Waals surface area contributed by atoms with E-state index in [9.17, 15) is 4.79 Å².